The number of hydrogen-bond acceptors (Lipinski definition) is 2. The van der Waals surface area contributed by atoms with E-state index in [4.69, 9.17) is 5.73 Å². The average Bonchev–Trinajstić information content (AvgIpc) is 2.97. The molecule has 0 bridgehead atoms. The summed E-state index contributed by atoms with van der Waals surface area (Å²) in [6.07, 6.45) is 5.29. The Bertz CT molecular complexity index is 431. The van der Waals surface area contributed by atoms with Gasteiger partial charge in [0.25, 0.3) is 0 Å². The van der Waals surface area contributed by atoms with Gasteiger partial charge in [-0.2, -0.15) is 0 Å². The van der Waals surface area contributed by atoms with Crippen molar-refractivity contribution in [2.45, 2.75) is 38.8 Å². The molecule has 0 aliphatic carbocycles. The molecule has 3 heteroatoms. The van der Waals surface area contributed by atoms with Crippen molar-refractivity contribution in [2.24, 2.45) is 5.73 Å². The summed E-state index contributed by atoms with van der Waals surface area (Å²) < 4.78 is 2.33. The van der Waals surface area contributed by atoms with Gasteiger partial charge in [0, 0.05) is 35.8 Å². The first-order chi connectivity index (χ1) is 8.29. The van der Waals surface area contributed by atoms with E-state index >= 15 is 0 Å². The van der Waals surface area contributed by atoms with Gasteiger partial charge in [-0.05, 0) is 36.4 Å². The molecule has 0 amide bonds. The molecule has 0 aromatic carbocycles. The summed E-state index contributed by atoms with van der Waals surface area (Å²) in [4.78, 5) is 1.45. The maximum Gasteiger partial charge on any atom is 0.0270 e. The van der Waals surface area contributed by atoms with Crippen LogP contribution in [0.1, 0.15) is 23.9 Å². The molecule has 2 rings (SSSR count). The lowest BCUT2D eigenvalue weighted by Gasteiger charge is -2.12. The van der Waals surface area contributed by atoms with E-state index in [0.29, 0.717) is 0 Å². The van der Waals surface area contributed by atoms with Gasteiger partial charge < -0.3 is 10.3 Å². The predicted molar refractivity (Wildman–Crippen MR) is 74.4 cm³/mol. The Kier molecular flexibility index (Phi) is 4.40. The van der Waals surface area contributed by atoms with Crippen molar-refractivity contribution in [3.63, 3.8) is 0 Å². The number of rotatable bonds is 6. The van der Waals surface area contributed by atoms with E-state index < -0.39 is 0 Å². The molecular formula is C14H20N2S. The number of hydrogen-bond donors (Lipinski definition) is 1. The van der Waals surface area contributed by atoms with Gasteiger partial charge in [-0.1, -0.05) is 13.0 Å². The molecule has 2 nitrogen and oxygen atoms in total. The second-order valence-electron chi connectivity index (χ2n) is 4.39. The van der Waals surface area contributed by atoms with Gasteiger partial charge >= 0.3 is 0 Å². The molecule has 0 fully saturated rings. The molecule has 2 heterocycles. The molecule has 2 N–H and O–H groups in total. The summed E-state index contributed by atoms with van der Waals surface area (Å²) in [7, 11) is 0. The van der Waals surface area contributed by atoms with Crippen molar-refractivity contribution < 1.29 is 0 Å². The Balaban J connectivity index is 1.94. The van der Waals surface area contributed by atoms with Gasteiger partial charge in [0.1, 0.15) is 0 Å². The van der Waals surface area contributed by atoms with Gasteiger partial charge in [-0.25, -0.2) is 0 Å². The first-order valence-electron chi connectivity index (χ1n) is 6.21. The van der Waals surface area contributed by atoms with E-state index in [-0.39, 0.29) is 6.04 Å². The first-order valence-corrected chi connectivity index (χ1v) is 7.09. The normalized spacial score (nSPS) is 12.8. The molecule has 2 aromatic rings. The maximum absolute atomic E-state index is 6.01. The monoisotopic (exact) mass is 248 g/mol. The molecule has 0 aliphatic rings. The highest BCUT2D eigenvalue weighted by Crippen LogP contribution is 2.12. The zero-order chi connectivity index (χ0) is 12.1. The molecule has 0 spiro atoms. The Labute approximate surface area is 107 Å². The Morgan fingerprint density at radius 3 is 2.94 bits per heavy atom. The lowest BCUT2D eigenvalue weighted by atomic mass is 10.1. The van der Waals surface area contributed by atoms with E-state index in [0.717, 1.165) is 25.8 Å². The average molecular weight is 248 g/mol. The molecule has 0 radical (unpaired) electrons. The van der Waals surface area contributed by atoms with E-state index in [1.165, 1.54) is 10.6 Å². The number of thiophene rings is 1. The molecule has 0 saturated carbocycles. The molecule has 92 valence electrons. The quantitative estimate of drug-likeness (QED) is 0.837. The molecule has 0 aliphatic heterocycles. The van der Waals surface area contributed by atoms with Gasteiger partial charge in [-0.3, -0.25) is 0 Å². The molecule has 0 saturated heterocycles. The van der Waals surface area contributed by atoms with E-state index in [9.17, 15) is 0 Å². The summed E-state index contributed by atoms with van der Waals surface area (Å²) in [5.74, 6) is 0. The van der Waals surface area contributed by atoms with Crippen molar-refractivity contribution in [1.82, 2.24) is 4.57 Å². The highest BCUT2D eigenvalue weighted by Gasteiger charge is 2.06. The van der Waals surface area contributed by atoms with E-state index in [1.54, 1.807) is 0 Å². The minimum atomic E-state index is 0.283. The van der Waals surface area contributed by atoms with Crippen molar-refractivity contribution >= 4 is 11.3 Å². The number of nitrogens with two attached hydrogens (primary N) is 1. The fourth-order valence-electron chi connectivity index (χ4n) is 1.95. The SMILES string of the molecule is CCC(N)Cc1cccn1CCc1cccs1. The molecular weight excluding hydrogens is 228 g/mol. The molecule has 1 atom stereocenters. The third kappa shape index (κ3) is 3.45. The first kappa shape index (κ1) is 12.4. The van der Waals surface area contributed by atoms with Crippen LogP contribution >= 0.6 is 11.3 Å². The molecule has 17 heavy (non-hydrogen) atoms. The van der Waals surface area contributed by atoms with Crippen molar-refractivity contribution in [1.29, 1.82) is 0 Å². The topological polar surface area (TPSA) is 30.9 Å². The minimum Gasteiger partial charge on any atom is -0.351 e. The summed E-state index contributed by atoms with van der Waals surface area (Å²) in [5, 5.41) is 2.14. The van der Waals surface area contributed by atoms with Crippen LogP contribution in [0.15, 0.2) is 35.8 Å². The summed E-state index contributed by atoms with van der Waals surface area (Å²) in [5.41, 5.74) is 7.37. The molecule has 2 aromatic heterocycles. The zero-order valence-electron chi connectivity index (χ0n) is 10.3. The van der Waals surface area contributed by atoms with Crippen LogP contribution in [0.5, 0.6) is 0 Å². The lowest BCUT2D eigenvalue weighted by Crippen LogP contribution is -2.23. The van der Waals surface area contributed by atoms with Crippen LogP contribution < -0.4 is 5.73 Å². The van der Waals surface area contributed by atoms with Crippen LogP contribution in [0, 0.1) is 0 Å². The fraction of sp³-hybridized carbons (Fsp3) is 0.429. The molecule has 1 unspecified atom stereocenters. The van der Waals surface area contributed by atoms with E-state index in [2.05, 4.69) is 47.3 Å². The van der Waals surface area contributed by atoms with E-state index in [1.807, 2.05) is 11.3 Å². The van der Waals surface area contributed by atoms with Crippen LogP contribution in [0.3, 0.4) is 0 Å². The zero-order valence-corrected chi connectivity index (χ0v) is 11.1. The number of nitrogens with zero attached hydrogens (tertiary/aromatic N) is 1. The fourth-order valence-corrected chi connectivity index (χ4v) is 2.65. The summed E-state index contributed by atoms with van der Waals surface area (Å²) >= 11 is 1.83. The van der Waals surface area contributed by atoms with Crippen LogP contribution in [-0.4, -0.2) is 10.6 Å². The van der Waals surface area contributed by atoms with Gasteiger partial charge in [-0.15, -0.1) is 11.3 Å². The van der Waals surface area contributed by atoms with Gasteiger partial charge in [0.15, 0.2) is 0 Å². The van der Waals surface area contributed by atoms with Crippen molar-refractivity contribution in [2.75, 3.05) is 0 Å². The van der Waals surface area contributed by atoms with Crippen LogP contribution in [-0.2, 0) is 19.4 Å². The smallest absolute Gasteiger partial charge is 0.0270 e. The van der Waals surface area contributed by atoms with Crippen LogP contribution in [0.2, 0.25) is 0 Å². The van der Waals surface area contributed by atoms with Crippen molar-refractivity contribution in [3.8, 4) is 0 Å². The highest BCUT2D eigenvalue weighted by molar-refractivity contribution is 7.09. The van der Waals surface area contributed by atoms with Crippen molar-refractivity contribution in [3.05, 3.63) is 46.4 Å². The number of aryl methyl sites for hydroxylation is 2. The standard InChI is InChI=1S/C14H20N2S/c1-2-12(15)11-13-5-3-8-16(13)9-7-14-6-4-10-17-14/h3-6,8,10,12H,2,7,9,11,15H2,1H3. The predicted octanol–water partition coefficient (Wildman–Crippen LogP) is 3.07. The Morgan fingerprint density at radius 1 is 1.35 bits per heavy atom. The lowest BCUT2D eigenvalue weighted by molar-refractivity contribution is 0.592. The van der Waals surface area contributed by atoms with Crippen LogP contribution in [0.25, 0.3) is 0 Å². The van der Waals surface area contributed by atoms with Crippen LogP contribution in [0.4, 0.5) is 0 Å². The maximum atomic E-state index is 6.01. The minimum absolute atomic E-state index is 0.283. The summed E-state index contributed by atoms with van der Waals surface area (Å²) in [6, 6.07) is 8.90. The second kappa shape index (κ2) is 6.03. The largest absolute Gasteiger partial charge is 0.351 e. The summed E-state index contributed by atoms with van der Waals surface area (Å²) in [6.45, 7) is 3.20. The highest BCUT2D eigenvalue weighted by atomic mass is 32.1. The Hall–Kier alpha value is -1.06. The second-order valence-corrected chi connectivity index (χ2v) is 5.43. The van der Waals surface area contributed by atoms with Gasteiger partial charge in [0.2, 0.25) is 0 Å². The van der Waals surface area contributed by atoms with Gasteiger partial charge in [0.05, 0.1) is 0 Å². The number of aromatic nitrogens is 1. The Morgan fingerprint density at radius 2 is 2.24 bits per heavy atom. The third-order valence-corrected chi connectivity index (χ3v) is 4.03. The third-order valence-electron chi connectivity index (χ3n) is 3.10.